The fraction of sp³-hybridized carbons (Fsp3) is 0.455. The first-order chi connectivity index (χ1) is 7.67. The van der Waals surface area contributed by atoms with Crippen molar-refractivity contribution in [2.75, 3.05) is 18.5 Å². The molecular formula is C11H15FNO3. The first-order valence-corrected chi connectivity index (χ1v) is 5.06. The van der Waals surface area contributed by atoms with Crippen molar-refractivity contribution in [2.45, 2.75) is 19.1 Å². The van der Waals surface area contributed by atoms with E-state index < -0.39 is 18.5 Å². The molecule has 0 fully saturated rings. The number of hydrogen-bond donors (Lipinski definition) is 3. The van der Waals surface area contributed by atoms with Crippen LogP contribution in [0.5, 0.6) is 0 Å². The van der Waals surface area contributed by atoms with Crippen molar-refractivity contribution in [3.8, 4) is 0 Å². The molecule has 1 aromatic carbocycles. The molecule has 0 bridgehead atoms. The van der Waals surface area contributed by atoms with E-state index in [0.29, 0.717) is 24.2 Å². The topological polar surface area (TPSA) is 72.4 Å². The molecular weight excluding hydrogens is 213 g/mol. The summed E-state index contributed by atoms with van der Waals surface area (Å²) in [6, 6.07) is 3.92. The highest BCUT2D eigenvalue weighted by molar-refractivity contribution is 5.51. The van der Waals surface area contributed by atoms with E-state index in [4.69, 9.17) is 10.2 Å². The van der Waals surface area contributed by atoms with Crippen molar-refractivity contribution in [2.24, 2.45) is 0 Å². The Bertz CT molecular complexity index is 333. The number of anilines is 1. The second kappa shape index (κ2) is 6.42. The minimum Gasteiger partial charge on any atom is -0.394 e. The van der Waals surface area contributed by atoms with Crippen LogP contribution >= 0.6 is 0 Å². The van der Waals surface area contributed by atoms with Gasteiger partial charge in [-0.05, 0) is 18.6 Å². The van der Waals surface area contributed by atoms with Crippen molar-refractivity contribution in [3.63, 3.8) is 0 Å². The average Bonchev–Trinajstić information content (AvgIpc) is 2.29. The predicted octanol–water partition coefficient (Wildman–Crippen LogP) is 0.911. The van der Waals surface area contributed by atoms with Gasteiger partial charge in [0.25, 0.3) is 0 Å². The van der Waals surface area contributed by atoms with Gasteiger partial charge in [-0.1, -0.05) is 6.07 Å². The zero-order chi connectivity index (χ0) is 12.0. The molecule has 0 unspecified atom stereocenters. The Kier molecular flexibility index (Phi) is 5.18. The SMILES string of the molecule is [O]Cc1ccc(F)cc1NCC[C@H](O)CO. The van der Waals surface area contributed by atoms with Crippen LogP contribution in [0.3, 0.4) is 0 Å². The fourth-order valence-electron chi connectivity index (χ4n) is 1.30. The molecule has 0 aliphatic carbocycles. The maximum Gasteiger partial charge on any atom is 0.125 e. The fourth-order valence-corrected chi connectivity index (χ4v) is 1.30. The third kappa shape index (κ3) is 3.77. The van der Waals surface area contributed by atoms with Gasteiger partial charge >= 0.3 is 0 Å². The second-order valence-corrected chi connectivity index (χ2v) is 3.50. The van der Waals surface area contributed by atoms with Gasteiger partial charge in [-0.15, -0.1) is 0 Å². The molecule has 0 spiro atoms. The quantitative estimate of drug-likeness (QED) is 0.677. The summed E-state index contributed by atoms with van der Waals surface area (Å²) in [7, 11) is 0. The van der Waals surface area contributed by atoms with Crippen molar-refractivity contribution >= 4 is 5.69 Å². The summed E-state index contributed by atoms with van der Waals surface area (Å²) < 4.78 is 12.9. The van der Waals surface area contributed by atoms with Crippen molar-refractivity contribution in [3.05, 3.63) is 29.6 Å². The average molecular weight is 228 g/mol. The summed E-state index contributed by atoms with van der Waals surface area (Å²) in [5.41, 5.74) is 0.931. The molecule has 0 aromatic heterocycles. The Balaban J connectivity index is 2.55. The maximum atomic E-state index is 12.9. The van der Waals surface area contributed by atoms with Crippen LogP contribution in [0, 0.1) is 5.82 Å². The maximum absolute atomic E-state index is 12.9. The predicted molar refractivity (Wildman–Crippen MR) is 57.0 cm³/mol. The van der Waals surface area contributed by atoms with E-state index in [-0.39, 0.29) is 6.61 Å². The van der Waals surface area contributed by atoms with Crippen LogP contribution in [0.1, 0.15) is 12.0 Å². The minimum atomic E-state index is -0.795. The van der Waals surface area contributed by atoms with Crippen molar-refractivity contribution in [1.82, 2.24) is 0 Å². The van der Waals surface area contributed by atoms with E-state index in [9.17, 15) is 9.50 Å². The lowest BCUT2D eigenvalue weighted by atomic mass is 10.1. The zero-order valence-electron chi connectivity index (χ0n) is 8.82. The number of hydrogen-bond acceptors (Lipinski definition) is 3. The van der Waals surface area contributed by atoms with E-state index in [2.05, 4.69) is 5.32 Å². The van der Waals surface area contributed by atoms with Gasteiger partial charge in [-0.3, -0.25) is 0 Å². The van der Waals surface area contributed by atoms with E-state index in [1.165, 1.54) is 18.2 Å². The number of rotatable bonds is 6. The summed E-state index contributed by atoms with van der Waals surface area (Å²) in [5, 5.41) is 31.3. The molecule has 4 nitrogen and oxygen atoms in total. The lowest BCUT2D eigenvalue weighted by Crippen LogP contribution is -2.17. The Hall–Kier alpha value is -1.17. The summed E-state index contributed by atoms with van der Waals surface area (Å²) in [6.45, 7) is -0.359. The lowest BCUT2D eigenvalue weighted by molar-refractivity contribution is 0.0911. The summed E-state index contributed by atoms with van der Waals surface area (Å²) in [6.07, 6.45) is -0.456. The molecule has 0 amide bonds. The Morgan fingerprint density at radius 2 is 2.19 bits per heavy atom. The van der Waals surface area contributed by atoms with Crippen LogP contribution < -0.4 is 5.32 Å². The molecule has 0 saturated heterocycles. The van der Waals surface area contributed by atoms with Gasteiger partial charge < -0.3 is 15.5 Å². The van der Waals surface area contributed by atoms with E-state index in [1.807, 2.05) is 0 Å². The number of halogens is 1. The van der Waals surface area contributed by atoms with Gasteiger partial charge in [0.15, 0.2) is 0 Å². The van der Waals surface area contributed by atoms with E-state index in [1.54, 1.807) is 0 Å². The summed E-state index contributed by atoms with van der Waals surface area (Å²) in [5.74, 6) is -0.414. The number of aliphatic hydroxyl groups is 2. The normalized spacial score (nSPS) is 12.5. The zero-order valence-corrected chi connectivity index (χ0v) is 8.82. The molecule has 0 saturated carbocycles. The number of benzene rings is 1. The molecule has 0 aliphatic heterocycles. The van der Waals surface area contributed by atoms with Crippen LogP contribution in [-0.2, 0) is 11.7 Å². The molecule has 1 aromatic rings. The molecule has 89 valence electrons. The molecule has 1 rings (SSSR count). The van der Waals surface area contributed by atoms with Crippen molar-refractivity contribution in [1.29, 1.82) is 0 Å². The van der Waals surface area contributed by atoms with Crippen LogP contribution in [-0.4, -0.2) is 29.5 Å². The van der Waals surface area contributed by atoms with Crippen LogP contribution in [0.4, 0.5) is 10.1 Å². The first-order valence-electron chi connectivity index (χ1n) is 5.06. The summed E-state index contributed by atoms with van der Waals surface area (Å²) >= 11 is 0. The molecule has 0 aliphatic rings. The summed E-state index contributed by atoms with van der Waals surface area (Å²) in [4.78, 5) is 0. The minimum absolute atomic E-state index is 0.306. The molecule has 1 atom stereocenters. The van der Waals surface area contributed by atoms with E-state index in [0.717, 1.165) is 0 Å². The van der Waals surface area contributed by atoms with E-state index >= 15 is 0 Å². The number of aliphatic hydroxyl groups excluding tert-OH is 2. The highest BCUT2D eigenvalue weighted by atomic mass is 19.1. The van der Waals surface area contributed by atoms with Gasteiger partial charge in [-0.25, -0.2) is 9.50 Å². The largest absolute Gasteiger partial charge is 0.394 e. The molecule has 0 heterocycles. The molecule has 5 heteroatoms. The van der Waals surface area contributed by atoms with Crippen LogP contribution in [0.15, 0.2) is 18.2 Å². The van der Waals surface area contributed by atoms with Crippen LogP contribution in [0.2, 0.25) is 0 Å². The third-order valence-electron chi connectivity index (χ3n) is 2.23. The van der Waals surface area contributed by atoms with Crippen molar-refractivity contribution < 1.29 is 19.7 Å². The van der Waals surface area contributed by atoms with Gasteiger partial charge in [0.1, 0.15) is 12.4 Å². The van der Waals surface area contributed by atoms with Gasteiger partial charge in [0.05, 0.1) is 12.7 Å². The highest BCUT2D eigenvalue weighted by Gasteiger charge is 2.05. The highest BCUT2D eigenvalue weighted by Crippen LogP contribution is 2.17. The second-order valence-electron chi connectivity index (χ2n) is 3.50. The van der Waals surface area contributed by atoms with Crippen LogP contribution in [0.25, 0.3) is 0 Å². The Morgan fingerprint density at radius 3 is 2.81 bits per heavy atom. The molecule has 1 radical (unpaired) electrons. The van der Waals surface area contributed by atoms with Gasteiger partial charge in [0, 0.05) is 17.8 Å². The number of nitrogens with one attached hydrogen (secondary N) is 1. The monoisotopic (exact) mass is 228 g/mol. The lowest BCUT2D eigenvalue weighted by Gasteiger charge is -2.12. The third-order valence-corrected chi connectivity index (χ3v) is 2.23. The first kappa shape index (κ1) is 12.9. The standard InChI is InChI=1S/C11H15FNO3/c12-9-2-1-8(6-14)11(5-9)13-4-3-10(16)7-15/h1-2,5,10,13,15-16H,3-4,6-7H2/t10-/m0/s1. The Morgan fingerprint density at radius 1 is 1.44 bits per heavy atom. The Labute approximate surface area is 93.4 Å². The van der Waals surface area contributed by atoms with Gasteiger partial charge in [-0.2, -0.15) is 0 Å². The molecule has 3 N–H and O–H groups in total. The van der Waals surface area contributed by atoms with Gasteiger partial charge in [0.2, 0.25) is 0 Å². The molecule has 16 heavy (non-hydrogen) atoms. The smallest absolute Gasteiger partial charge is 0.125 e.